The first kappa shape index (κ1) is 14.1. The van der Waals surface area contributed by atoms with Gasteiger partial charge in [0.1, 0.15) is 5.82 Å². The van der Waals surface area contributed by atoms with E-state index in [9.17, 15) is 9.50 Å². The van der Waals surface area contributed by atoms with E-state index >= 15 is 0 Å². The zero-order valence-corrected chi connectivity index (χ0v) is 12.2. The second kappa shape index (κ2) is 5.86. The molecule has 0 radical (unpaired) electrons. The Hall–Kier alpha value is -1.87. The highest BCUT2D eigenvalue weighted by atomic mass is 19.1. The van der Waals surface area contributed by atoms with Gasteiger partial charge in [-0.05, 0) is 37.0 Å². The molecule has 1 N–H and O–H groups in total. The van der Waals surface area contributed by atoms with Gasteiger partial charge in [0.15, 0.2) is 0 Å². The van der Waals surface area contributed by atoms with Gasteiger partial charge in [-0.25, -0.2) is 4.39 Å². The van der Waals surface area contributed by atoms with Gasteiger partial charge in [0.05, 0.1) is 11.8 Å². The van der Waals surface area contributed by atoms with Gasteiger partial charge in [-0.2, -0.15) is 0 Å². The number of hydrogen-bond acceptors (Lipinski definition) is 2. The molecule has 1 aliphatic heterocycles. The fraction of sp³-hybridized carbons (Fsp3) is 0.333. The summed E-state index contributed by atoms with van der Waals surface area (Å²) < 4.78 is 14.3. The van der Waals surface area contributed by atoms with Crippen molar-refractivity contribution in [3.63, 3.8) is 0 Å². The highest BCUT2D eigenvalue weighted by Crippen LogP contribution is 2.31. The first-order valence-electron chi connectivity index (χ1n) is 7.45. The third kappa shape index (κ3) is 2.79. The molecule has 21 heavy (non-hydrogen) atoms. The lowest BCUT2D eigenvalue weighted by molar-refractivity contribution is 0.199. The monoisotopic (exact) mass is 285 g/mol. The average molecular weight is 285 g/mol. The summed E-state index contributed by atoms with van der Waals surface area (Å²) in [6.07, 6.45) is 1.15. The summed E-state index contributed by atoms with van der Waals surface area (Å²) in [5, 5.41) is 9.91. The third-order valence-corrected chi connectivity index (χ3v) is 4.20. The number of aliphatic hydroxyl groups excluding tert-OH is 1. The molecule has 3 rings (SSSR count). The van der Waals surface area contributed by atoms with Crippen molar-refractivity contribution in [3.05, 3.63) is 65.0 Å². The van der Waals surface area contributed by atoms with E-state index in [4.69, 9.17) is 0 Å². The van der Waals surface area contributed by atoms with Crippen molar-refractivity contribution in [1.29, 1.82) is 0 Å². The topological polar surface area (TPSA) is 23.5 Å². The van der Waals surface area contributed by atoms with Gasteiger partial charge in [-0.15, -0.1) is 0 Å². The predicted molar refractivity (Wildman–Crippen MR) is 83.1 cm³/mol. The molecule has 2 aromatic rings. The fourth-order valence-electron chi connectivity index (χ4n) is 3.09. The van der Waals surface area contributed by atoms with Crippen molar-refractivity contribution in [1.82, 2.24) is 0 Å². The summed E-state index contributed by atoms with van der Waals surface area (Å²) in [5.41, 5.74) is 3.91. The minimum Gasteiger partial charge on any atom is -0.389 e. The fourth-order valence-corrected chi connectivity index (χ4v) is 3.09. The standard InChI is InChI=1S/C18H20FNO/c1-13(21)16-7-4-8-17(19)18(16)20-11-9-14-5-2-3-6-15(14)10-12-20/h2-8,13,21H,9-12H2,1H3. The van der Waals surface area contributed by atoms with Crippen LogP contribution in [0.3, 0.4) is 0 Å². The van der Waals surface area contributed by atoms with E-state index < -0.39 is 6.10 Å². The van der Waals surface area contributed by atoms with Crippen LogP contribution in [0.1, 0.15) is 29.7 Å². The van der Waals surface area contributed by atoms with Crippen LogP contribution >= 0.6 is 0 Å². The van der Waals surface area contributed by atoms with Crippen molar-refractivity contribution in [2.45, 2.75) is 25.9 Å². The molecule has 2 nitrogen and oxygen atoms in total. The molecule has 0 amide bonds. The molecular formula is C18H20FNO. The number of para-hydroxylation sites is 1. The number of benzene rings is 2. The molecule has 1 unspecified atom stereocenters. The molecular weight excluding hydrogens is 265 g/mol. The Kier molecular flexibility index (Phi) is 3.93. The van der Waals surface area contributed by atoms with Crippen molar-refractivity contribution in [2.75, 3.05) is 18.0 Å². The molecule has 1 heterocycles. The van der Waals surface area contributed by atoms with Crippen LogP contribution < -0.4 is 4.90 Å². The molecule has 0 saturated heterocycles. The van der Waals surface area contributed by atoms with Gasteiger partial charge in [0.25, 0.3) is 0 Å². The van der Waals surface area contributed by atoms with E-state index in [1.54, 1.807) is 19.1 Å². The second-order valence-electron chi connectivity index (χ2n) is 5.61. The number of nitrogens with zero attached hydrogens (tertiary/aromatic N) is 1. The minimum absolute atomic E-state index is 0.251. The summed E-state index contributed by atoms with van der Waals surface area (Å²) in [6.45, 7) is 3.24. The van der Waals surface area contributed by atoms with Crippen LogP contribution in [0.4, 0.5) is 10.1 Å². The van der Waals surface area contributed by atoms with Crippen molar-refractivity contribution >= 4 is 5.69 Å². The Morgan fingerprint density at radius 3 is 2.19 bits per heavy atom. The van der Waals surface area contributed by atoms with Crippen LogP contribution in [0.2, 0.25) is 0 Å². The summed E-state index contributed by atoms with van der Waals surface area (Å²) in [4.78, 5) is 2.07. The number of aliphatic hydroxyl groups is 1. The van der Waals surface area contributed by atoms with E-state index in [0.29, 0.717) is 11.3 Å². The van der Waals surface area contributed by atoms with Crippen molar-refractivity contribution in [2.24, 2.45) is 0 Å². The lowest BCUT2D eigenvalue weighted by Crippen LogP contribution is -2.28. The van der Waals surface area contributed by atoms with Crippen LogP contribution in [0.5, 0.6) is 0 Å². The van der Waals surface area contributed by atoms with Crippen LogP contribution in [0.25, 0.3) is 0 Å². The predicted octanol–water partition coefficient (Wildman–Crippen LogP) is 3.48. The summed E-state index contributed by atoms with van der Waals surface area (Å²) in [5.74, 6) is -0.251. The van der Waals surface area contributed by atoms with Gasteiger partial charge in [0.2, 0.25) is 0 Å². The Bertz CT molecular complexity index is 612. The van der Waals surface area contributed by atoms with Crippen molar-refractivity contribution in [3.8, 4) is 0 Å². The quantitative estimate of drug-likeness (QED) is 0.913. The van der Waals surface area contributed by atoms with Gasteiger partial charge in [-0.3, -0.25) is 0 Å². The number of rotatable bonds is 2. The minimum atomic E-state index is -0.665. The van der Waals surface area contributed by atoms with E-state index in [2.05, 4.69) is 29.2 Å². The Morgan fingerprint density at radius 2 is 1.62 bits per heavy atom. The molecule has 0 aliphatic carbocycles. The maximum Gasteiger partial charge on any atom is 0.146 e. The van der Waals surface area contributed by atoms with Crippen LogP contribution in [0, 0.1) is 5.82 Å². The summed E-state index contributed by atoms with van der Waals surface area (Å²) in [7, 11) is 0. The van der Waals surface area contributed by atoms with Gasteiger partial charge >= 0.3 is 0 Å². The Labute approximate surface area is 124 Å². The van der Waals surface area contributed by atoms with Crippen LogP contribution in [-0.4, -0.2) is 18.2 Å². The normalized spacial score (nSPS) is 16.2. The van der Waals surface area contributed by atoms with Crippen LogP contribution in [0.15, 0.2) is 42.5 Å². The average Bonchev–Trinajstić information content (AvgIpc) is 2.69. The SMILES string of the molecule is CC(O)c1cccc(F)c1N1CCc2ccccc2CC1. The first-order valence-corrected chi connectivity index (χ1v) is 7.45. The van der Waals surface area contributed by atoms with E-state index in [1.165, 1.54) is 17.2 Å². The van der Waals surface area contributed by atoms with E-state index in [-0.39, 0.29) is 5.82 Å². The third-order valence-electron chi connectivity index (χ3n) is 4.20. The maximum atomic E-state index is 14.3. The number of hydrogen-bond donors (Lipinski definition) is 1. The molecule has 0 spiro atoms. The molecule has 0 bridgehead atoms. The molecule has 0 aromatic heterocycles. The molecule has 1 atom stereocenters. The highest BCUT2D eigenvalue weighted by molar-refractivity contribution is 5.56. The van der Waals surface area contributed by atoms with E-state index in [0.717, 1.165) is 25.9 Å². The zero-order valence-electron chi connectivity index (χ0n) is 12.2. The number of anilines is 1. The number of fused-ring (bicyclic) bond motifs is 1. The van der Waals surface area contributed by atoms with E-state index in [1.807, 2.05) is 0 Å². The van der Waals surface area contributed by atoms with Gasteiger partial charge in [0, 0.05) is 18.7 Å². The molecule has 2 aromatic carbocycles. The number of halogens is 1. The lowest BCUT2D eigenvalue weighted by atomic mass is 10.0. The first-order chi connectivity index (χ1) is 10.2. The lowest BCUT2D eigenvalue weighted by Gasteiger charge is -2.26. The Balaban J connectivity index is 1.93. The second-order valence-corrected chi connectivity index (χ2v) is 5.61. The zero-order chi connectivity index (χ0) is 14.8. The van der Waals surface area contributed by atoms with Gasteiger partial charge < -0.3 is 10.0 Å². The molecule has 110 valence electrons. The Morgan fingerprint density at radius 1 is 1.00 bits per heavy atom. The largest absolute Gasteiger partial charge is 0.389 e. The summed E-state index contributed by atoms with van der Waals surface area (Å²) in [6, 6.07) is 13.3. The molecule has 0 fully saturated rings. The molecule has 1 aliphatic rings. The highest BCUT2D eigenvalue weighted by Gasteiger charge is 2.21. The van der Waals surface area contributed by atoms with Gasteiger partial charge in [-0.1, -0.05) is 36.4 Å². The molecule has 3 heteroatoms. The molecule has 0 saturated carbocycles. The summed E-state index contributed by atoms with van der Waals surface area (Å²) >= 11 is 0. The smallest absolute Gasteiger partial charge is 0.146 e. The van der Waals surface area contributed by atoms with Crippen LogP contribution in [-0.2, 0) is 12.8 Å². The van der Waals surface area contributed by atoms with Crippen molar-refractivity contribution < 1.29 is 9.50 Å². The maximum absolute atomic E-state index is 14.3.